The molecule has 0 fully saturated rings. The van der Waals surface area contributed by atoms with Gasteiger partial charge in [0.2, 0.25) is 0 Å². The summed E-state index contributed by atoms with van der Waals surface area (Å²) in [6.45, 7) is 14.2. The van der Waals surface area contributed by atoms with Gasteiger partial charge in [-0.25, -0.2) is 0 Å². The van der Waals surface area contributed by atoms with Crippen molar-refractivity contribution in [1.29, 1.82) is 0 Å². The highest BCUT2D eigenvalue weighted by Crippen LogP contribution is 1.93. The summed E-state index contributed by atoms with van der Waals surface area (Å²) in [5.74, 6) is 0. The minimum atomic E-state index is -0.500. The molecule has 0 aliphatic carbocycles. The molecule has 0 aromatic carbocycles. The normalized spacial score (nSPS) is 9.30. The second-order valence-corrected chi connectivity index (χ2v) is 3.22. The van der Waals surface area contributed by atoms with Crippen molar-refractivity contribution in [3.8, 4) is 0 Å². The van der Waals surface area contributed by atoms with E-state index in [0.29, 0.717) is 0 Å². The van der Waals surface area contributed by atoms with E-state index in [0.717, 1.165) is 5.57 Å². The van der Waals surface area contributed by atoms with Gasteiger partial charge in [0.15, 0.2) is 0 Å². The van der Waals surface area contributed by atoms with Crippen molar-refractivity contribution in [2.45, 2.75) is 33.3 Å². The van der Waals surface area contributed by atoms with E-state index in [4.69, 9.17) is 5.11 Å². The van der Waals surface area contributed by atoms with E-state index < -0.39 is 5.60 Å². The molecule has 0 bridgehead atoms. The van der Waals surface area contributed by atoms with Gasteiger partial charge in [0.05, 0.1) is 5.60 Å². The van der Waals surface area contributed by atoms with E-state index in [2.05, 4.69) is 13.2 Å². The second-order valence-electron chi connectivity index (χ2n) is 3.22. The van der Waals surface area contributed by atoms with Crippen LogP contribution in [0.1, 0.15) is 27.7 Å². The lowest BCUT2D eigenvalue weighted by Gasteiger charge is -2.04. The lowest BCUT2D eigenvalue weighted by Crippen LogP contribution is -2.10. The summed E-state index contributed by atoms with van der Waals surface area (Å²) in [5.41, 5.74) is 0.519. The van der Waals surface area contributed by atoms with Gasteiger partial charge in [0, 0.05) is 0 Å². The molecular weight excluding hydrogens is 124 g/mol. The third kappa shape index (κ3) is 149. The Balaban J connectivity index is 0. The van der Waals surface area contributed by atoms with Crippen LogP contribution in [-0.4, -0.2) is 10.7 Å². The van der Waals surface area contributed by atoms with Crippen LogP contribution >= 0.6 is 0 Å². The highest BCUT2D eigenvalue weighted by atomic mass is 16.3. The first-order valence-electron chi connectivity index (χ1n) is 3.27. The summed E-state index contributed by atoms with van der Waals surface area (Å²) >= 11 is 0. The number of aliphatic hydroxyl groups is 1. The summed E-state index contributed by atoms with van der Waals surface area (Å²) in [6, 6.07) is 0. The van der Waals surface area contributed by atoms with Gasteiger partial charge < -0.3 is 5.11 Å². The predicted molar refractivity (Wildman–Crippen MR) is 47.0 cm³/mol. The van der Waals surface area contributed by atoms with E-state index in [1.807, 2.05) is 6.92 Å². The topological polar surface area (TPSA) is 20.2 Å². The first-order valence-corrected chi connectivity index (χ1v) is 3.27. The molecule has 0 atom stereocenters. The Labute approximate surface area is 64.1 Å². The van der Waals surface area contributed by atoms with Gasteiger partial charge >= 0.3 is 0 Å². The number of hydrogen-bond acceptors (Lipinski definition) is 1. The van der Waals surface area contributed by atoms with E-state index in [-0.39, 0.29) is 0 Å². The zero-order valence-corrected chi connectivity index (χ0v) is 7.44. The lowest BCUT2D eigenvalue weighted by atomic mass is 10.2. The van der Waals surface area contributed by atoms with E-state index in [1.165, 1.54) is 0 Å². The molecule has 0 saturated heterocycles. The number of allylic oxidation sites excluding steroid dienone is 2. The molecule has 0 aromatic rings. The Hall–Kier alpha value is -0.560. The van der Waals surface area contributed by atoms with Crippen molar-refractivity contribution >= 4 is 0 Å². The quantitative estimate of drug-likeness (QED) is 0.558. The number of rotatable bonds is 1. The third-order valence-electron chi connectivity index (χ3n) is 0.348. The molecule has 0 rings (SSSR count). The largest absolute Gasteiger partial charge is 0.391 e. The summed E-state index contributed by atoms with van der Waals surface area (Å²) in [5, 5.41) is 8.52. The van der Waals surface area contributed by atoms with Crippen LogP contribution in [0.15, 0.2) is 24.8 Å². The summed E-state index contributed by atoms with van der Waals surface area (Å²) in [6.07, 6.45) is 1.72. The zero-order valence-electron chi connectivity index (χ0n) is 7.44. The Kier molecular flexibility index (Phi) is 6.37. The van der Waals surface area contributed by atoms with Crippen LogP contribution in [0.3, 0.4) is 0 Å². The van der Waals surface area contributed by atoms with Crippen molar-refractivity contribution in [3.05, 3.63) is 24.8 Å². The molecule has 0 saturated carbocycles. The molecule has 10 heavy (non-hydrogen) atoms. The predicted octanol–water partition coefficient (Wildman–Crippen LogP) is 2.53. The minimum absolute atomic E-state index is 0.500. The highest BCUT2D eigenvalue weighted by Gasteiger charge is 1.97. The number of hydrogen-bond donors (Lipinski definition) is 1. The van der Waals surface area contributed by atoms with Crippen LogP contribution in [0.2, 0.25) is 0 Å². The summed E-state index contributed by atoms with van der Waals surface area (Å²) < 4.78 is 0. The Morgan fingerprint density at radius 1 is 1.40 bits per heavy atom. The fourth-order valence-corrected chi connectivity index (χ4v) is 0. The van der Waals surface area contributed by atoms with Crippen molar-refractivity contribution in [2.75, 3.05) is 0 Å². The van der Waals surface area contributed by atoms with E-state index in [1.54, 1.807) is 26.8 Å². The monoisotopic (exact) mass is 142 g/mol. The Morgan fingerprint density at radius 3 is 1.50 bits per heavy atom. The lowest BCUT2D eigenvalue weighted by molar-refractivity contribution is 0.102. The van der Waals surface area contributed by atoms with Gasteiger partial charge in [-0.2, -0.15) is 0 Å². The van der Waals surface area contributed by atoms with E-state index >= 15 is 0 Å². The highest BCUT2D eigenvalue weighted by molar-refractivity contribution is 5.05. The molecule has 1 N–H and O–H groups in total. The molecule has 0 aromatic heterocycles. The van der Waals surface area contributed by atoms with Crippen molar-refractivity contribution in [2.24, 2.45) is 0 Å². The molecule has 60 valence electrons. The van der Waals surface area contributed by atoms with Gasteiger partial charge in [-0.05, 0) is 27.7 Å². The maximum Gasteiger partial charge on any atom is 0.0563 e. The van der Waals surface area contributed by atoms with Crippen LogP contribution in [0.5, 0.6) is 0 Å². The van der Waals surface area contributed by atoms with E-state index in [9.17, 15) is 0 Å². The Morgan fingerprint density at radius 2 is 1.50 bits per heavy atom. The summed E-state index contributed by atoms with van der Waals surface area (Å²) in [7, 11) is 0. The average molecular weight is 142 g/mol. The molecule has 0 radical (unpaired) electrons. The Bertz CT molecular complexity index is 100. The molecule has 0 spiro atoms. The fraction of sp³-hybridized carbons (Fsp3) is 0.556. The van der Waals surface area contributed by atoms with Crippen LogP contribution in [0.4, 0.5) is 0 Å². The molecule has 0 aliphatic heterocycles. The van der Waals surface area contributed by atoms with Crippen LogP contribution in [0, 0.1) is 0 Å². The minimum Gasteiger partial charge on any atom is -0.391 e. The zero-order chi connectivity index (χ0) is 8.78. The molecule has 1 heteroatoms. The van der Waals surface area contributed by atoms with Gasteiger partial charge in [-0.15, -0.1) is 0 Å². The molecule has 0 heterocycles. The SMILES string of the molecule is C=CC(=C)C.CC(C)(C)O. The molecular formula is C9H18O. The maximum absolute atomic E-state index is 8.52. The summed E-state index contributed by atoms with van der Waals surface area (Å²) in [4.78, 5) is 0. The standard InChI is InChI=1S/C5H8.C4H10O/c1-4-5(2)3;1-4(2,3)5/h4H,1-2H2,3H3;5H,1-3H3. The van der Waals surface area contributed by atoms with Gasteiger partial charge in [0.25, 0.3) is 0 Å². The molecule has 0 aliphatic rings. The van der Waals surface area contributed by atoms with Crippen molar-refractivity contribution in [1.82, 2.24) is 0 Å². The van der Waals surface area contributed by atoms with Crippen LogP contribution < -0.4 is 0 Å². The van der Waals surface area contributed by atoms with Gasteiger partial charge in [0.1, 0.15) is 0 Å². The fourth-order valence-electron chi connectivity index (χ4n) is 0. The molecule has 0 amide bonds. The van der Waals surface area contributed by atoms with Gasteiger partial charge in [-0.3, -0.25) is 0 Å². The average Bonchev–Trinajstić information content (AvgIpc) is 1.61. The first kappa shape index (κ1) is 12.1. The molecule has 0 unspecified atom stereocenters. The smallest absolute Gasteiger partial charge is 0.0563 e. The van der Waals surface area contributed by atoms with Crippen LogP contribution in [0.25, 0.3) is 0 Å². The first-order chi connectivity index (χ1) is 4.27. The molecule has 1 nitrogen and oxygen atoms in total. The second kappa shape index (κ2) is 5.24. The van der Waals surface area contributed by atoms with Gasteiger partial charge in [-0.1, -0.05) is 24.8 Å². The van der Waals surface area contributed by atoms with Crippen molar-refractivity contribution in [3.63, 3.8) is 0 Å². The van der Waals surface area contributed by atoms with Crippen molar-refractivity contribution < 1.29 is 5.11 Å². The third-order valence-corrected chi connectivity index (χ3v) is 0.348. The maximum atomic E-state index is 8.52. The van der Waals surface area contributed by atoms with Crippen LogP contribution in [-0.2, 0) is 0 Å².